The van der Waals surface area contributed by atoms with Crippen LogP contribution < -0.4 is 14.5 Å². The SMILES string of the molecule is CC(NC(=O)[C@@H](OC(=O)OC(C)(C)C)c1ccccc1)C(=O)OC1=CC[C@@]2(O)[C@H]3Cc4ccc(O[Si](C)(C)C(C)(C)C)c5c4[C@@]2(CCN3C)[C@H]1O5. The molecule has 1 fully saturated rings. The molecule has 2 aromatic carbocycles. The lowest BCUT2D eigenvalue weighted by atomic mass is 9.50. The van der Waals surface area contributed by atoms with Crippen LogP contribution in [0.3, 0.4) is 0 Å². The number of hydrogen-bond acceptors (Lipinski definition) is 10. The second-order valence-corrected chi connectivity index (χ2v) is 21.7. The maximum atomic E-state index is 13.8. The van der Waals surface area contributed by atoms with E-state index in [9.17, 15) is 19.5 Å². The van der Waals surface area contributed by atoms with Crippen LogP contribution in [0, 0.1) is 0 Å². The zero-order valence-electron chi connectivity index (χ0n) is 31.4. The van der Waals surface area contributed by atoms with E-state index in [1.54, 1.807) is 57.2 Å². The van der Waals surface area contributed by atoms with Gasteiger partial charge in [0.05, 0.1) is 11.0 Å². The maximum absolute atomic E-state index is 13.8. The maximum Gasteiger partial charge on any atom is 0.509 e. The summed E-state index contributed by atoms with van der Waals surface area (Å²) in [6, 6.07) is 11.3. The molecule has 11 nitrogen and oxygen atoms in total. The minimum atomic E-state index is -2.28. The van der Waals surface area contributed by atoms with Crippen LogP contribution in [0.4, 0.5) is 4.79 Å². The number of likely N-dealkylation sites (tertiary alicyclic amines) is 1. The monoisotopic (exact) mass is 720 g/mol. The van der Waals surface area contributed by atoms with Crippen molar-refractivity contribution in [2.45, 2.75) is 127 Å². The van der Waals surface area contributed by atoms with E-state index in [0.29, 0.717) is 35.7 Å². The predicted octanol–water partition coefficient (Wildman–Crippen LogP) is 6.09. The Morgan fingerprint density at radius 1 is 1.06 bits per heavy atom. The third-order valence-electron chi connectivity index (χ3n) is 11.4. The Hall–Kier alpha value is -3.87. The van der Waals surface area contributed by atoms with Crippen molar-refractivity contribution >= 4 is 26.3 Å². The van der Waals surface area contributed by atoms with Crippen LogP contribution in [0.1, 0.15) is 84.1 Å². The number of carbonyl (C=O) groups is 3. The first kappa shape index (κ1) is 36.9. The lowest BCUT2D eigenvalue weighted by Gasteiger charge is -2.61. The summed E-state index contributed by atoms with van der Waals surface area (Å²) < 4.78 is 30.5. The van der Waals surface area contributed by atoms with Crippen molar-refractivity contribution in [3.8, 4) is 11.5 Å². The number of benzene rings is 2. The van der Waals surface area contributed by atoms with Crippen LogP contribution in [-0.2, 0) is 35.6 Å². The molecule has 6 atom stereocenters. The van der Waals surface area contributed by atoms with E-state index in [-0.39, 0.29) is 17.5 Å². The molecule has 2 aliphatic heterocycles. The van der Waals surface area contributed by atoms with E-state index >= 15 is 0 Å². The number of ether oxygens (including phenoxy) is 4. The number of rotatable bonds is 8. The molecule has 2 heterocycles. The standard InChI is InChI=1S/C39H52N2O9Si/c1-23(40-33(42)30(24-14-12-11-13-15-24)48-35(44)49-36(2,3)4)34(43)46-27-18-19-39(45)28-22-25-16-17-26(50-51(9,10)37(5,6)7)31-29(25)38(39,32(27)47-31)20-21-41(28)8/h11-18,23,28,30,32,45H,19-22H2,1-10H3,(H,40,42)/t23?,28-,30+,32+,38+,39-/m1/s1. The molecule has 12 heteroatoms. The zero-order valence-corrected chi connectivity index (χ0v) is 32.4. The molecule has 2 bridgehead atoms. The molecule has 1 spiro atoms. The van der Waals surface area contributed by atoms with Gasteiger partial charge in [-0.2, -0.15) is 0 Å². The van der Waals surface area contributed by atoms with Crippen LogP contribution in [0.15, 0.2) is 54.3 Å². The van der Waals surface area contributed by atoms with Gasteiger partial charge in [0.25, 0.3) is 14.2 Å². The van der Waals surface area contributed by atoms with Crippen LogP contribution in [-0.4, -0.2) is 79.3 Å². The van der Waals surface area contributed by atoms with Gasteiger partial charge in [-0.25, -0.2) is 9.59 Å². The predicted molar refractivity (Wildman–Crippen MR) is 193 cm³/mol. The Bertz CT molecular complexity index is 1750. The van der Waals surface area contributed by atoms with E-state index < -0.39 is 61.2 Å². The summed E-state index contributed by atoms with van der Waals surface area (Å²) in [7, 11) is -0.236. The van der Waals surface area contributed by atoms with Crippen molar-refractivity contribution in [3.05, 3.63) is 71.0 Å². The minimum Gasteiger partial charge on any atom is -0.541 e. The first-order valence-electron chi connectivity index (χ1n) is 17.8. The van der Waals surface area contributed by atoms with Crippen molar-refractivity contribution in [1.82, 2.24) is 10.2 Å². The Balaban J connectivity index is 1.27. The quantitative estimate of drug-likeness (QED) is 0.244. The smallest absolute Gasteiger partial charge is 0.509 e. The van der Waals surface area contributed by atoms with Gasteiger partial charge < -0.3 is 38.7 Å². The lowest BCUT2D eigenvalue weighted by molar-refractivity contribution is -0.170. The highest BCUT2D eigenvalue weighted by Crippen LogP contribution is 2.65. The van der Waals surface area contributed by atoms with E-state index in [0.717, 1.165) is 17.7 Å². The molecule has 6 rings (SSSR count). The van der Waals surface area contributed by atoms with Crippen molar-refractivity contribution in [1.29, 1.82) is 0 Å². The third kappa shape index (κ3) is 6.33. The van der Waals surface area contributed by atoms with Gasteiger partial charge in [-0.05, 0) is 90.0 Å². The van der Waals surface area contributed by atoms with Crippen molar-refractivity contribution in [3.63, 3.8) is 0 Å². The van der Waals surface area contributed by atoms with Crippen molar-refractivity contribution in [2.75, 3.05) is 13.6 Å². The van der Waals surface area contributed by atoms with Crippen molar-refractivity contribution in [2.24, 2.45) is 0 Å². The van der Waals surface area contributed by atoms with Crippen LogP contribution >= 0.6 is 0 Å². The first-order valence-corrected chi connectivity index (χ1v) is 20.7. The number of nitrogens with zero attached hydrogens (tertiary/aromatic N) is 1. The lowest BCUT2D eigenvalue weighted by Crippen LogP contribution is -2.74. The fourth-order valence-corrected chi connectivity index (χ4v) is 8.78. The topological polar surface area (TPSA) is 133 Å². The molecule has 1 amide bonds. The molecule has 1 saturated heterocycles. The molecule has 4 aliphatic rings. The van der Waals surface area contributed by atoms with E-state index in [1.807, 2.05) is 13.1 Å². The number of nitrogens with one attached hydrogen (secondary N) is 1. The Labute approximate surface area is 301 Å². The van der Waals surface area contributed by atoms with E-state index in [1.165, 1.54) is 6.92 Å². The number of aliphatic hydroxyl groups is 1. The fraction of sp³-hybridized carbons (Fsp3) is 0.564. The number of likely N-dealkylation sites (N-methyl/N-ethyl adjacent to an activating group) is 1. The van der Waals surface area contributed by atoms with E-state index in [2.05, 4.69) is 50.1 Å². The number of esters is 1. The summed E-state index contributed by atoms with van der Waals surface area (Å²) in [4.78, 5) is 42.1. The Morgan fingerprint density at radius 3 is 2.39 bits per heavy atom. The molecule has 2 aliphatic carbocycles. The van der Waals surface area contributed by atoms with Gasteiger partial charge in [-0.15, -0.1) is 0 Å². The van der Waals surface area contributed by atoms with Gasteiger partial charge in [0.1, 0.15) is 23.2 Å². The third-order valence-corrected chi connectivity index (χ3v) is 15.7. The first-order chi connectivity index (χ1) is 23.7. The highest BCUT2D eigenvalue weighted by atomic mass is 28.4. The van der Waals surface area contributed by atoms with Crippen molar-refractivity contribution < 1.29 is 42.9 Å². The van der Waals surface area contributed by atoms with Gasteiger partial charge in [0, 0.05) is 23.6 Å². The highest BCUT2D eigenvalue weighted by molar-refractivity contribution is 6.74. The summed E-state index contributed by atoms with van der Waals surface area (Å²) in [6.45, 7) is 18.2. The molecule has 276 valence electrons. The largest absolute Gasteiger partial charge is 0.541 e. The molecule has 51 heavy (non-hydrogen) atoms. The number of amides is 1. The normalized spacial score (nSPS) is 26.5. The van der Waals surface area contributed by atoms with Gasteiger partial charge in [0.2, 0.25) is 6.10 Å². The summed E-state index contributed by atoms with van der Waals surface area (Å²) in [5, 5.41) is 15.3. The van der Waals surface area contributed by atoms with Crippen LogP contribution in [0.25, 0.3) is 0 Å². The fourth-order valence-electron chi connectivity index (χ4n) is 7.76. The molecule has 0 radical (unpaired) electrons. The Kier molecular flexibility index (Phi) is 9.16. The molecular formula is C39H52N2O9Si. The number of carbonyl (C=O) groups excluding carboxylic acids is 3. The van der Waals surface area contributed by atoms with Gasteiger partial charge >= 0.3 is 12.1 Å². The summed E-state index contributed by atoms with van der Waals surface area (Å²) in [5.41, 5.74) is -0.415. The van der Waals surface area contributed by atoms with Gasteiger partial charge in [0.15, 0.2) is 11.9 Å². The molecule has 0 aromatic heterocycles. The second kappa shape index (κ2) is 12.7. The Morgan fingerprint density at radius 2 is 1.75 bits per heavy atom. The minimum absolute atomic E-state index is 0.0583. The average Bonchev–Trinajstić information content (AvgIpc) is 3.39. The number of hydrogen-bond donors (Lipinski definition) is 2. The average molecular weight is 721 g/mol. The second-order valence-electron chi connectivity index (χ2n) is 17.0. The summed E-state index contributed by atoms with van der Waals surface area (Å²) >= 11 is 0. The van der Waals surface area contributed by atoms with Crippen LogP contribution in [0.2, 0.25) is 18.1 Å². The van der Waals surface area contributed by atoms with Crippen LogP contribution in [0.5, 0.6) is 11.5 Å². The molecule has 0 saturated carbocycles. The molecular weight excluding hydrogens is 669 g/mol. The molecule has 2 N–H and O–H groups in total. The molecule has 1 unspecified atom stereocenters. The highest BCUT2D eigenvalue weighted by Gasteiger charge is 2.72. The summed E-state index contributed by atoms with van der Waals surface area (Å²) in [6.07, 6.45) is 0.0923. The number of piperidine rings is 1. The van der Waals surface area contributed by atoms with Gasteiger partial charge in [-0.1, -0.05) is 57.2 Å². The summed E-state index contributed by atoms with van der Waals surface area (Å²) in [5.74, 6) is 0.111. The zero-order chi connectivity index (χ0) is 37.3. The van der Waals surface area contributed by atoms with E-state index in [4.69, 9.17) is 23.4 Å². The van der Waals surface area contributed by atoms with Gasteiger partial charge in [-0.3, -0.25) is 4.79 Å². The molecule has 2 aromatic rings.